The molecular weight excluding hydrogens is 190 g/mol. The average molecular weight is 197 g/mol. The van der Waals surface area contributed by atoms with Crippen LogP contribution in [0.1, 0.15) is 20.7 Å². The van der Waals surface area contributed by atoms with Crippen molar-refractivity contribution in [3.63, 3.8) is 0 Å². The first-order chi connectivity index (χ1) is 6.57. The van der Waals surface area contributed by atoms with Crippen LogP contribution in [0.4, 0.5) is 0 Å². The van der Waals surface area contributed by atoms with E-state index >= 15 is 0 Å². The summed E-state index contributed by atoms with van der Waals surface area (Å²) in [7, 11) is 1.25. The van der Waals surface area contributed by atoms with E-state index in [4.69, 9.17) is 14.9 Å². The zero-order chi connectivity index (χ0) is 10.7. The highest BCUT2D eigenvalue weighted by Gasteiger charge is 2.21. The molecule has 0 aliphatic rings. The van der Waals surface area contributed by atoms with Crippen molar-refractivity contribution in [1.82, 2.24) is 4.98 Å². The highest BCUT2D eigenvalue weighted by Crippen LogP contribution is 2.20. The number of methoxy groups -OCH3 is 1. The Labute approximate surface area is 78.8 Å². The molecule has 1 rings (SSSR count). The number of carboxylic acid groups (broad SMARTS) is 2. The topological polar surface area (TPSA) is 96.7 Å². The normalized spacial score (nSPS) is 9.50. The lowest BCUT2D eigenvalue weighted by Gasteiger charge is -2.05. The Balaban J connectivity index is 3.43. The van der Waals surface area contributed by atoms with Gasteiger partial charge in [-0.25, -0.2) is 9.59 Å². The molecule has 0 spiro atoms. The summed E-state index contributed by atoms with van der Waals surface area (Å²) < 4.78 is 4.69. The first-order valence-corrected chi connectivity index (χ1v) is 3.56. The quantitative estimate of drug-likeness (QED) is 0.731. The zero-order valence-electron chi connectivity index (χ0n) is 7.22. The highest BCUT2D eigenvalue weighted by atomic mass is 16.5. The van der Waals surface area contributed by atoms with E-state index in [1.165, 1.54) is 7.11 Å². The van der Waals surface area contributed by atoms with E-state index in [1.807, 2.05) is 0 Å². The Morgan fingerprint density at radius 2 is 1.93 bits per heavy atom. The molecule has 1 aromatic heterocycles. The van der Waals surface area contributed by atoms with Crippen molar-refractivity contribution < 1.29 is 24.5 Å². The third kappa shape index (κ3) is 1.63. The molecule has 0 aliphatic heterocycles. The predicted molar refractivity (Wildman–Crippen MR) is 44.7 cm³/mol. The summed E-state index contributed by atoms with van der Waals surface area (Å²) in [6.45, 7) is 0. The van der Waals surface area contributed by atoms with Crippen molar-refractivity contribution in [2.75, 3.05) is 7.11 Å². The summed E-state index contributed by atoms with van der Waals surface area (Å²) in [4.78, 5) is 24.9. The number of pyridine rings is 1. The number of carboxylic acids is 2. The van der Waals surface area contributed by atoms with Crippen LogP contribution in [-0.4, -0.2) is 34.2 Å². The summed E-state index contributed by atoms with van der Waals surface area (Å²) in [6.07, 6.45) is 2.12. The molecule has 1 aromatic rings. The van der Waals surface area contributed by atoms with Gasteiger partial charge >= 0.3 is 11.9 Å². The number of hydrogen-bond acceptors (Lipinski definition) is 4. The molecule has 2 N–H and O–H groups in total. The van der Waals surface area contributed by atoms with Crippen molar-refractivity contribution in [1.29, 1.82) is 0 Å². The number of rotatable bonds is 3. The van der Waals surface area contributed by atoms with Crippen LogP contribution in [0.2, 0.25) is 0 Å². The smallest absolute Gasteiger partial charge is 0.340 e. The molecule has 0 aromatic carbocycles. The summed E-state index contributed by atoms with van der Waals surface area (Å²) >= 11 is 0. The van der Waals surface area contributed by atoms with Gasteiger partial charge in [0.15, 0.2) is 5.75 Å². The van der Waals surface area contributed by atoms with Crippen LogP contribution in [0.3, 0.4) is 0 Å². The molecule has 6 heteroatoms. The maximum absolute atomic E-state index is 10.7. The van der Waals surface area contributed by atoms with Crippen LogP contribution in [-0.2, 0) is 0 Å². The minimum absolute atomic E-state index is 0.0719. The van der Waals surface area contributed by atoms with Crippen LogP contribution in [0.5, 0.6) is 5.75 Å². The Bertz CT molecular complexity index is 387. The third-order valence-corrected chi connectivity index (χ3v) is 1.58. The number of aromatic nitrogens is 1. The van der Waals surface area contributed by atoms with Crippen LogP contribution < -0.4 is 4.74 Å². The third-order valence-electron chi connectivity index (χ3n) is 1.58. The van der Waals surface area contributed by atoms with Gasteiger partial charge in [-0.1, -0.05) is 0 Å². The molecule has 6 nitrogen and oxygen atoms in total. The number of carbonyl (C=O) groups is 2. The van der Waals surface area contributed by atoms with Crippen LogP contribution in [0, 0.1) is 0 Å². The van der Waals surface area contributed by atoms with Crippen LogP contribution >= 0.6 is 0 Å². The fourth-order valence-electron chi connectivity index (χ4n) is 0.979. The van der Waals surface area contributed by atoms with E-state index in [9.17, 15) is 9.59 Å². The number of nitrogens with zero attached hydrogens (tertiary/aromatic N) is 1. The lowest BCUT2D eigenvalue weighted by molar-refractivity contribution is 0.0647. The standard InChI is InChI=1S/C8H7NO5/c1-14-5-3-9-2-4(7(10)11)6(5)8(12)13/h2-3H,1H3,(H,10,11)(H,12,13). The van der Waals surface area contributed by atoms with Crippen molar-refractivity contribution in [3.8, 4) is 5.75 Å². The van der Waals surface area contributed by atoms with Gasteiger partial charge in [-0.3, -0.25) is 4.98 Å². The SMILES string of the molecule is COc1cncc(C(=O)O)c1C(=O)O. The Hall–Kier alpha value is -2.11. The van der Waals surface area contributed by atoms with Gasteiger partial charge < -0.3 is 14.9 Å². The number of aromatic carboxylic acids is 2. The molecule has 0 fully saturated rings. The van der Waals surface area contributed by atoms with Crippen molar-refractivity contribution in [3.05, 3.63) is 23.5 Å². The van der Waals surface area contributed by atoms with Crippen molar-refractivity contribution >= 4 is 11.9 Å². The Morgan fingerprint density at radius 3 is 2.36 bits per heavy atom. The molecule has 14 heavy (non-hydrogen) atoms. The van der Waals surface area contributed by atoms with Crippen molar-refractivity contribution in [2.45, 2.75) is 0 Å². The molecule has 74 valence electrons. The Kier molecular flexibility index (Phi) is 2.66. The summed E-state index contributed by atoms with van der Waals surface area (Å²) in [5.74, 6) is -2.78. The molecule has 0 unspecified atom stereocenters. The van der Waals surface area contributed by atoms with E-state index in [2.05, 4.69) is 4.98 Å². The molecule has 0 amide bonds. The second-order valence-corrected chi connectivity index (χ2v) is 2.37. The average Bonchev–Trinajstić information content (AvgIpc) is 2.16. The summed E-state index contributed by atoms with van der Waals surface area (Å²) in [6, 6.07) is 0. The van der Waals surface area contributed by atoms with Gasteiger partial charge in [-0.2, -0.15) is 0 Å². The molecule has 0 atom stereocenters. The van der Waals surface area contributed by atoms with Gasteiger partial charge in [-0.05, 0) is 0 Å². The van der Waals surface area contributed by atoms with Gasteiger partial charge in [0.05, 0.1) is 18.9 Å². The zero-order valence-corrected chi connectivity index (χ0v) is 7.22. The highest BCUT2D eigenvalue weighted by molar-refractivity contribution is 6.03. The maximum atomic E-state index is 10.7. The van der Waals surface area contributed by atoms with Gasteiger partial charge in [0.1, 0.15) is 5.56 Å². The first kappa shape index (κ1) is 9.97. The minimum atomic E-state index is -1.36. The van der Waals surface area contributed by atoms with Gasteiger partial charge in [0.2, 0.25) is 0 Å². The fraction of sp³-hybridized carbons (Fsp3) is 0.125. The van der Waals surface area contributed by atoms with Gasteiger partial charge in [0, 0.05) is 6.20 Å². The molecule has 0 saturated heterocycles. The second kappa shape index (κ2) is 3.73. The number of hydrogen-bond donors (Lipinski definition) is 2. The molecule has 0 saturated carbocycles. The molecular formula is C8H7NO5. The maximum Gasteiger partial charge on any atom is 0.340 e. The van der Waals surface area contributed by atoms with E-state index in [0.717, 1.165) is 12.4 Å². The molecule has 0 radical (unpaired) electrons. The van der Waals surface area contributed by atoms with Crippen molar-refractivity contribution in [2.24, 2.45) is 0 Å². The fourth-order valence-corrected chi connectivity index (χ4v) is 0.979. The van der Waals surface area contributed by atoms with Crippen LogP contribution in [0.25, 0.3) is 0 Å². The minimum Gasteiger partial charge on any atom is -0.494 e. The first-order valence-electron chi connectivity index (χ1n) is 3.56. The Morgan fingerprint density at radius 1 is 1.29 bits per heavy atom. The lowest BCUT2D eigenvalue weighted by atomic mass is 10.1. The van der Waals surface area contributed by atoms with Gasteiger partial charge in [0.25, 0.3) is 0 Å². The molecule has 0 bridgehead atoms. The van der Waals surface area contributed by atoms with Crippen LogP contribution in [0.15, 0.2) is 12.4 Å². The largest absolute Gasteiger partial charge is 0.494 e. The van der Waals surface area contributed by atoms with E-state index in [-0.39, 0.29) is 5.75 Å². The molecule has 1 heterocycles. The second-order valence-electron chi connectivity index (χ2n) is 2.37. The van der Waals surface area contributed by atoms with E-state index in [0.29, 0.717) is 0 Å². The summed E-state index contributed by atoms with van der Waals surface area (Å²) in [5.41, 5.74) is -0.785. The van der Waals surface area contributed by atoms with Gasteiger partial charge in [-0.15, -0.1) is 0 Å². The number of ether oxygens (including phenoxy) is 1. The van der Waals surface area contributed by atoms with E-state index < -0.39 is 23.1 Å². The van der Waals surface area contributed by atoms with E-state index in [1.54, 1.807) is 0 Å². The summed E-state index contributed by atoms with van der Waals surface area (Å²) in [5, 5.41) is 17.4. The lowest BCUT2D eigenvalue weighted by Crippen LogP contribution is -2.10. The molecule has 0 aliphatic carbocycles. The monoisotopic (exact) mass is 197 g/mol. The predicted octanol–water partition coefficient (Wildman–Crippen LogP) is 0.487.